The maximum absolute atomic E-state index is 12.5. The van der Waals surface area contributed by atoms with E-state index in [0.29, 0.717) is 18.7 Å². The van der Waals surface area contributed by atoms with Gasteiger partial charge in [0.2, 0.25) is 10.0 Å². The molecule has 0 aliphatic carbocycles. The molecule has 3 heterocycles. The van der Waals surface area contributed by atoms with Gasteiger partial charge < -0.3 is 9.30 Å². The number of aromatic nitrogens is 1. The molecule has 0 amide bonds. The second-order valence-corrected chi connectivity index (χ2v) is 10.9. The molecule has 178 valence electrons. The van der Waals surface area contributed by atoms with Crippen LogP contribution in [0.5, 0.6) is 0 Å². The van der Waals surface area contributed by atoms with Crippen LogP contribution in [0.1, 0.15) is 11.1 Å². The second kappa shape index (κ2) is 9.49. The van der Waals surface area contributed by atoms with Crippen LogP contribution in [-0.2, 0) is 28.4 Å². The van der Waals surface area contributed by atoms with Gasteiger partial charge in [-0.1, -0.05) is 18.2 Å². The Kier molecular flexibility index (Phi) is 6.42. The van der Waals surface area contributed by atoms with Gasteiger partial charge in [0.25, 0.3) is 0 Å². The van der Waals surface area contributed by atoms with Crippen molar-refractivity contribution in [2.45, 2.75) is 23.6 Å². The topological polar surface area (TPSA) is 90.6 Å². The Balaban J connectivity index is 1.14. The van der Waals surface area contributed by atoms with Crippen LogP contribution in [0.25, 0.3) is 10.9 Å². The predicted molar refractivity (Wildman–Crippen MR) is 130 cm³/mol. The lowest BCUT2D eigenvalue weighted by molar-refractivity contribution is -0.139. The monoisotopic (exact) mass is 479 g/mol. The standard InChI is InChI=1S/C25H29N5O3S/c1-28-13-20(24-4-2-3-5-25(24)28)14-30-17-21-15-29(16-22(18-30)33-21)11-10-27-34(31,32)23-8-6-19(12-26)7-9-23/h2-9,13,21-22,27H,10-11,14-18H2,1H3. The molecular weight excluding hydrogens is 450 g/mol. The zero-order valence-corrected chi connectivity index (χ0v) is 20.0. The van der Waals surface area contributed by atoms with E-state index in [2.05, 4.69) is 56.6 Å². The summed E-state index contributed by atoms with van der Waals surface area (Å²) in [6.45, 7) is 5.20. The molecule has 2 aromatic carbocycles. The van der Waals surface area contributed by atoms with Gasteiger partial charge in [-0.05, 0) is 35.9 Å². The largest absolute Gasteiger partial charge is 0.370 e. The molecule has 5 rings (SSSR count). The minimum Gasteiger partial charge on any atom is -0.370 e. The number of nitriles is 1. The summed E-state index contributed by atoms with van der Waals surface area (Å²) >= 11 is 0. The lowest BCUT2D eigenvalue weighted by Gasteiger charge is -2.45. The molecule has 1 aromatic heterocycles. The van der Waals surface area contributed by atoms with Crippen LogP contribution in [0.3, 0.4) is 0 Å². The normalized spacial score (nSPS) is 21.5. The van der Waals surface area contributed by atoms with Crippen LogP contribution in [0.2, 0.25) is 0 Å². The van der Waals surface area contributed by atoms with E-state index in [1.165, 1.54) is 40.7 Å². The summed E-state index contributed by atoms with van der Waals surface area (Å²) in [5, 5.41) is 10.2. The van der Waals surface area contributed by atoms with Crippen LogP contribution in [0.15, 0.2) is 59.6 Å². The number of ether oxygens (including phenoxy) is 1. The Hall–Kier alpha value is -2.74. The third-order valence-corrected chi connectivity index (χ3v) is 8.10. The number of sulfonamides is 1. The molecule has 0 saturated carbocycles. The van der Waals surface area contributed by atoms with Gasteiger partial charge in [0.05, 0.1) is 28.7 Å². The summed E-state index contributed by atoms with van der Waals surface area (Å²) in [5.41, 5.74) is 3.03. The highest BCUT2D eigenvalue weighted by Gasteiger charge is 2.35. The van der Waals surface area contributed by atoms with Crippen molar-refractivity contribution in [3.63, 3.8) is 0 Å². The molecule has 1 N–H and O–H groups in total. The highest BCUT2D eigenvalue weighted by atomic mass is 32.2. The molecule has 8 nitrogen and oxygen atoms in total. The van der Waals surface area contributed by atoms with Gasteiger partial charge in [-0.25, -0.2) is 13.1 Å². The first-order valence-corrected chi connectivity index (χ1v) is 13.0. The fraction of sp³-hybridized carbons (Fsp3) is 0.400. The van der Waals surface area contributed by atoms with Gasteiger partial charge in [0, 0.05) is 70.0 Å². The Labute approximate surface area is 200 Å². The number of benzene rings is 2. The molecule has 2 aliphatic rings. The Morgan fingerprint density at radius 3 is 2.41 bits per heavy atom. The number of hydrogen-bond donors (Lipinski definition) is 1. The third-order valence-electron chi connectivity index (χ3n) is 6.62. The number of rotatable bonds is 7. The Morgan fingerprint density at radius 2 is 1.71 bits per heavy atom. The van der Waals surface area contributed by atoms with E-state index in [9.17, 15) is 8.42 Å². The molecule has 2 fully saturated rings. The summed E-state index contributed by atoms with van der Waals surface area (Å²) in [5.74, 6) is 0. The van der Waals surface area contributed by atoms with Crippen molar-refractivity contribution in [1.29, 1.82) is 5.26 Å². The number of para-hydroxylation sites is 1. The Bertz CT molecular complexity index is 1300. The fourth-order valence-electron chi connectivity index (χ4n) is 5.10. The summed E-state index contributed by atoms with van der Waals surface area (Å²) in [7, 11) is -1.50. The molecular formula is C25H29N5O3S. The van der Waals surface area contributed by atoms with Crippen molar-refractivity contribution in [2.75, 3.05) is 39.3 Å². The molecule has 0 spiro atoms. The van der Waals surface area contributed by atoms with Crippen LogP contribution in [-0.4, -0.2) is 74.3 Å². The number of fused-ring (bicyclic) bond motifs is 3. The van der Waals surface area contributed by atoms with Gasteiger partial charge in [-0.3, -0.25) is 9.80 Å². The summed E-state index contributed by atoms with van der Waals surface area (Å²) in [6, 6.07) is 16.5. The molecule has 9 heteroatoms. The van der Waals surface area contributed by atoms with E-state index in [0.717, 1.165) is 32.7 Å². The molecule has 0 radical (unpaired) electrons. The molecule has 2 saturated heterocycles. The lowest BCUT2D eigenvalue weighted by Crippen LogP contribution is -2.59. The molecule has 2 unspecified atom stereocenters. The van der Waals surface area contributed by atoms with E-state index >= 15 is 0 Å². The zero-order chi connectivity index (χ0) is 23.7. The van der Waals surface area contributed by atoms with E-state index < -0.39 is 10.0 Å². The zero-order valence-electron chi connectivity index (χ0n) is 19.2. The van der Waals surface area contributed by atoms with Crippen molar-refractivity contribution in [3.8, 4) is 6.07 Å². The number of morpholine rings is 2. The minimum atomic E-state index is -3.59. The van der Waals surface area contributed by atoms with Gasteiger partial charge in [-0.15, -0.1) is 0 Å². The third kappa shape index (κ3) is 4.87. The number of nitrogens with one attached hydrogen (secondary N) is 1. The lowest BCUT2D eigenvalue weighted by atomic mass is 10.1. The van der Waals surface area contributed by atoms with Crippen LogP contribution < -0.4 is 4.72 Å². The molecule has 2 atom stereocenters. The smallest absolute Gasteiger partial charge is 0.240 e. The average Bonchev–Trinajstić information content (AvgIpc) is 3.14. The summed E-state index contributed by atoms with van der Waals surface area (Å²) in [6.07, 6.45) is 2.47. The van der Waals surface area contributed by atoms with Crippen LogP contribution in [0, 0.1) is 11.3 Å². The van der Waals surface area contributed by atoms with Crippen LogP contribution >= 0.6 is 0 Å². The highest BCUT2D eigenvalue weighted by Crippen LogP contribution is 2.25. The van der Waals surface area contributed by atoms with E-state index in [1.807, 2.05) is 6.07 Å². The van der Waals surface area contributed by atoms with E-state index in [-0.39, 0.29) is 17.1 Å². The fourth-order valence-corrected chi connectivity index (χ4v) is 6.12. The maximum atomic E-state index is 12.5. The van der Waals surface area contributed by atoms with E-state index in [1.54, 1.807) is 0 Å². The quantitative estimate of drug-likeness (QED) is 0.557. The van der Waals surface area contributed by atoms with Gasteiger partial charge in [-0.2, -0.15) is 5.26 Å². The number of nitrogens with zero attached hydrogens (tertiary/aromatic N) is 4. The van der Waals surface area contributed by atoms with Crippen molar-refractivity contribution in [1.82, 2.24) is 19.1 Å². The first kappa shape index (κ1) is 23.0. The van der Waals surface area contributed by atoms with Crippen molar-refractivity contribution < 1.29 is 13.2 Å². The SMILES string of the molecule is Cn1cc(CN2CC3CN(CCNS(=O)(=O)c4ccc(C#N)cc4)CC(C2)O3)c2ccccc21. The van der Waals surface area contributed by atoms with Gasteiger partial charge >= 0.3 is 0 Å². The molecule has 3 aromatic rings. The van der Waals surface area contributed by atoms with Gasteiger partial charge in [0.15, 0.2) is 0 Å². The molecule has 2 bridgehead atoms. The average molecular weight is 480 g/mol. The maximum Gasteiger partial charge on any atom is 0.240 e. The van der Waals surface area contributed by atoms with Crippen LogP contribution in [0.4, 0.5) is 0 Å². The summed E-state index contributed by atoms with van der Waals surface area (Å²) < 4.78 is 36.1. The highest BCUT2D eigenvalue weighted by molar-refractivity contribution is 7.89. The molecule has 2 aliphatic heterocycles. The number of hydrogen-bond acceptors (Lipinski definition) is 6. The minimum absolute atomic E-state index is 0.123. The number of aryl methyl sites for hydroxylation is 1. The van der Waals surface area contributed by atoms with Crippen molar-refractivity contribution in [2.24, 2.45) is 7.05 Å². The first-order chi connectivity index (χ1) is 16.4. The summed E-state index contributed by atoms with van der Waals surface area (Å²) in [4.78, 5) is 4.94. The van der Waals surface area contributed by atoms with Gasteiger partial charge in [0.1, 0.15) is 0 Å². The second-order valence-electron chi connectivity index (χ2n) is 9.15. The molecule has 34 heavy (non-hydrogen) atoms. The van der Waals surface area contributed by atoms with Crippen molar-refractivity contribution >= 4 is 20.9 Å². The first-order valence-electron chi connectivity index (χ1n) is 11.5. The predicted octanol–water partition coefficient (Wildman–Crippen LogP) is 1.91. The van der Waals surface area contributed by atoms with Crippen molar-refractivity contribution in [3.05, 3.63) is 65.9 Å². The van der Waals surface area contributed by atoms with E-state index in [4.69, 9.17) is 10.00 Å². The Morgan fingerprint density at radius 1 is 1.03 bits per heavy atom.